The third kappa shape index (κ3) is 5.38. The quantitative estimate of drug-likeness (QED) is 0.668. The highest BCUT2D eigenvalue weighted by Crippen LogP contribution is 2.19. The smallest absolute Gasteiger partial charge is 0.412 e. The van der Waals surface area contributed by atoms with Crippen LogP contribution in [-0.4, -0.2) is 18.0 Å². The lowest BCUT2D eigenvalue weighted by Gasteiger charge is -2.20. The van der Waals surface area contributed by atoms with E-state index < -0.39 is 11.7 Å². The monoisotopic (exact) mass is 261 g/mol. The van der Waals surface area contributed by atoms with Crippen molar-refractivity contribution in [3.8, 4) is 0 Å². The molecule has 0 spiro atoms. The van der Waals surface area contributed by atoms with Gasteiger partial charge in [0.05, 0.1) is 0 Å². The molecule has 1 amide bonds. The van der Waals surface area contributed by atoms with Crippen LogP contribution in [0.25, 0.3) is 6.08 Å². The second-order valence-corrected chi connectivity index (χ2v) is 5.20. The van der Waals surface area contributed by atoms with Crippen LogP contribution in [-0.2, 0) is 9.53 Å². The molecule has 0 aliphatic heterocycles. The highest BCUT2D eigenvalue weighted by Gasteiger charge is 2.16. The van der Waals surface area contributed by atoms with Crippen LogP contribution in [0.3, 0.4) is 0 Å². The Morgan fingerprint density at radius 3 is 2.58 bits per heavy atom. The molecule has 19 heavy (non-hydrogen) atoms. The molecule has 4 nitrogen and oxygen atoms in total. The number of carbonyl (C=O) groups excluding carboxylic acids is 2. The molecular formula is C15H19NO3. The Balaban J connectivity index is 2.85. The van der Waals surface area contributed by atoms with Gasteiger partial charge in [0.25, 0.3) is 0 Å². The van der Waals surface area contributed by atoms with E-state index in [1.54, 1.807) is 12.1 Å². The van der Waals surface area contributed by atoms with Gasteiger partial charge in [-0.1, -0.05) is 18.2 Å². The normalized spacial score (nSPS) is 11.4. The van der Waals surface area contributed by atoms with Crippen molar-refractivity contribution in [2.24, 2.45) is 0 Å². The Bertz CT molecular complexity index is 499. The van der Waals surface area contributed by atoms with Crippen LogP contribution < -0.4 is 5.32 Å². The molecule has 0 aliphatic carbocycles. The van der Waals surface area contributed by atoms with Crippen molar-refractivity contribution in [1.29, 1.82) is 0 Å². The first-order valence-electron chi connectivity index (χ1n) is 6.04. The van der Waals surface area contributed by atoms with Gasteiger partial charge in [-0.15, -0.1) is 0 Å². The largest absolute Gasteiger partial charge is 0.444 e. The maximum Gasteiger partial charge on any atom is 0.412 e. The summed E-state index contributed by atoms with van der Waals surface area (Å²) in [7, 11) is 0. The number of allylic oxidation sites excluding steroid dienone is 1. The molecule has 0 saturated carbocycles. The fraction of sp³-hybridized carbons (Fsp3) is 0.333. The number of benzene rings is 1. The maximum absolute atomic E-state index is 11.7. The van der Waals surface area contributed by atoms with Gasteiger partial charge in [0.15, 0.2) is 0 Å². The van der Waals surface area contributed by atoms with E-state index in [1.165, 1.54) is 6.08 Å². The topological polar surface area (TPSA) is 55.4 Å². The summed E-state index contributed by atoms with van der Waals surface area (Å²) in [4.78, 5) is 22.0. The number of anilines is 1. The summed E-state index contributed by atoms with van der Waals surface area (Å²) in [6.07, 6.45) is 3.29. The Kier molecular flexibility index (Phi) is 4.87. The molecule has 0 aliphatic rings. The summed E-state index contributed by atoms with van der Waals surface area (Å²) in [6.45, 7) is 7.31. The summed E-state index contributed by atoms with van der Waals surface area (Å²) in [6, 6.07) is 5.53. The van der Waals surface area contributed by atoms with Gasteiger partial charge in [0.1, 0.15) is 11.9 Å². The van der Waals surface area contributed by atoms with Crippen molar-refractivity contribution in [3.63, 3.8) is 0 Å². The van der Waals surface area contributed by atoms with E-state index in [9.17, 15) is 9.59 Å². The summed E-state index contributed by atoms with van der Waals surface area (Å²) in [5.74, 6) is 0. The number of hydrogen-bond acceptors (Lipinski definition) is 3. The molecule has 1 rings (SSSR count). The van der Waals surface area contributed by atoms with E-state index in [0.29, 0.717) is 12.0 Å². The molecule has 0 fully saturated rings. The van der Waals surface area contributed by atoms with Crippen molar-refractivity contribution in [2.45, 2.75) is 33.3 Å². The molecule has 0 heterocycles. The fourth-order valence-electron chi connectivity index (χ4n) is 1.44. The van der Waals surface area contributed by atoms with Gasteiger partial charge >= 0.3 is 6.09 Å². The average molecular weight is 261 g/mol. The molecule has 0 saturated heterocycles. The molecular weight excluding hydrogens is 242 g/mol. The summed E-state index contributed by atoms with van der Waals surface area (Å²) in [5, 5.41) is 2.70. The van der Waals surface area contributed by atoms with Crippen LogP contribution in [0.15, 0.2) is 24.3 Å². The van der Waals surface area contributed by atoms with Gasteiger partial charge < -0.3 is 4.74 Å². The summed E-state index contributed by atoms with van der Waals surface area (Å²) < 4.78 is 5.19. The molecule has 0 bridgehead atoms. The van der Waals surface area contributed by atoms with Crippen molar-refractivity contribution in [2.75, 3.05) is 5.32 Å². The second kappa shape index (κ2) is 6.18. The number of aryl methyl sites for hydroxylation is 1. The second-order valence-electron chi connectivity index (χ2n) is 5.20. The first-order valence-corrected chi connectivity index (χ1v) is 6.04. The Labute approximate surface area is 113 Å². The molecule has 1 N–H and O–H groups in total. The van der Waals surface area contributed by atoms with Gasteiger partial charge in [-0.25, -0.2) is 4.79 Å². The summed E-state index contributed by atoms with van der Waals surface area (Å²) in [5.41, 5.74) is 1.90. The predicted octanol–water partition coefficient (Wildman–Crippen LogP) is 3.55. The maximum atomic E-state index is 11.7. The highest BCUT2D eigenvalue weighted by molar-refractivity contribution is 5.86. The van der Waals surface area contributed by atoms with Crippen molar-refractivity contribution in [1.82, 2.24) is 0 Å². The van der Waals surface area contributed by atoms with Gasteiger partial charge in [-0.05, 0) is 51.0 Å². The van der Waals surface area contributed by atoms with E-state index in [2.05, 4.69) is 5.32 Å². The van der Waals surface area contributed by atoms with Crippen LogP contribution in [0.1, 0.15) is 31.9 Å². The van der Waals surface area contributed by atoms with Gasteiger partial charge in [0, 0.05) is 5.69 Å². The first kappa shape index (κ1) is 15.0. The third-order valence-electron chi connectivity index (χ3n) is 2.26. The Morgan fingerprint density at radius 1 is 1.32 bits per heavy atom. The third-order valence-corrected chi connectivity index (χ3v) is 2.26. The number of amides is 1. The van der Waals surface area contributed by atoms with Crippen LogP contribution in [0.4, 0.5) is 10.5 Å². The van der Waals surface area contributed by atoms with Gasteiger partial charge in [0.2, 0.25) is 0 Å². The van der Waals surface area contributed by atoms with Gasteiger partial charge in [-0.3, -0.25) is 10.1 Å². The predicted molar refractivity (Wildman–Crippen MR) is 76.1 cm³/mol. The minimum Gasteiger partial charge on any atom is -0.444 e. The van der Waals surface area contributed by atoms with E-state index in [0.717, 1.165) is 11.1 Å². The minimum absolute atomic E-state index is 0.493. The van der Waals surface area contributed by atoms with Crippen LogP contribution in [0, 0.1) is 6.92 Å². The number of carbonyl (C=O) groups is 2. The summed E-state index contributed by atoms with van der Waals surface area (Å²) >= 11 is 0. The lowest BCUT2D eigenvalue weighted by molar-refractivity contribution is -0.104. The molecule has 0 aromatic heterocycles. The van der Waals surface area contributed by atoms with E-state index >= 15 is 0 Å². The first-order chi connectivity index (χ1) is 8.81. The number of ether oxygens (including phenoxy) is 1. The van der Waals surface area contributed by atoms with Crippen molar-refractivity contribution >= 4 is 24.1 Å². The number of nitrogens with one attached hydrogen (secondary N) is 1. The molecule has 1 aromatic rings. The van der Waals surface area contributed by atoms with Crippen molar-refractivity contribution < 1.29 is 14.3 Å². The SMILES string of the molecule is Cc1ccc(/C=C/C=O)cc1NC(=O)OC(C)(C)C. The number of hydrogen-bond donors (Lipinski definition) is 1. The standard InChI is InChI=1S/C15H19NO3/c1-11-7-8-12(6-5-9-17)10-13(11)16-14(18)19-15(2,3)4/h5-10H,1-4H3,(H,16,18)/b6-5+. The average Bonchev–Trinajstić information content (AvgIpc) is 2.27. The van der Waals surface area contributed by atoms with Gasteiger partial charge in [-0.2, -0.15) is 0 Å². The molecule has 0 unspecified atom stereocenters. The fourth-order valence-corrected chi connectivity index (χ4v) is 1.44. The Hall–Kier alpha value is -2.10. The van der Waals surface area contributed by atoms with E-state index in [-0.39, 0.29) is 0 Å². The molecule has 102 valence electrons. The highest BCUT2D eigenvalue weighted by atomic mass is 16.6. The Morgan fingerprint density at radius 2 is 2.00 bits per heavy atom. The molecule has 4 heteroatoms. The molecule has 0 radical (unpaired) electrons. The lowest BCUT2D eigenvalue weighted by atomic mass is 10.1. The lowest BCUT2D eigenvalue weighted by Crippen LogP contribution is -2.27. The number of rotatable bonds is 3. The zero-order chi connectivity index (χ0) is 14.5. The minimum atomic E-state index is -0.535. The molecule has 1 aromatic carbocycles. The zero-order valence-electron chi connectivity index (χ0n) is 11.7. The van der Waals surface area contributed by atoms with Crippen LogP contribution in [0.5, 0.6) is 0 Å². The number of aldehydes is 1. The van der Waals surface area contributed by atoms with E-state index in [4.69, 9.17) is 4.74 Å². The van der Waals surface area contributed by atoms with Crippen molar-refractivity contribution in [3.05, 3.63) is 35.4 Å². The van der Waals surface area contributed by atoms with E-state index in [1.807, 2.05) is 39.8 Å². The zero-order valence-corrected chi connectivity index (χ0v) is 11.7. The molecule has 0 atom stereocenters. The van der Waals surface area contributed by atoms with Crippen LogP contribution >= 0.6 is 0 Å². The van der Waals surface area contributed by atoms with Crippen LogP contribution in [0.2, 0.25) is 0 Å².